The van der Waals surface area contributed by atoms with E-state index >= 15 is 0 Å². The number of hydrogen-bond donors (Lipinski definition) is 3. The minimum absolute atomic E-state index is 0.0275. The van der Waals surface area contributed by atoms with Crippen molar-refractivity contribution in [2.75, 3.05) is 31.1 Å². The number of pyridine rings is 1. The van der Waals surface area contributed by atoms with E-state index < -0.39 is 0 Å². The van der Waals surface area contributed by atoms with E-state index in [0.29, 0.717) is 6.54 Å². The third-order valence-corrected chi connectivity index (χ3v) is 6.65. The molecule has 2 aliphatic rings. The molecule has 0 unspecified atom stereocenters. The highest BCUT2D eigenvalue weighted by Gasteiger charge is 2.44. The zero-order chi connectivity index (χ0) is 22.4. The molecule has 0 bridgehead atoms. The Bertz CT molecular complexity index is 932. The van der Waals surface area contributed by atoms with Crippen LogP contribution in [0, 0.1) is 5.92 Å². The van der Waals surface area contributed by atoms with Gasteiger partial charge in [0.05, 0.1) is 6.54 Å². The first-order valence-electron chi connectivity index (χ1n) is 11.7. The highest BCUT2D eigenvalue weighted by atomic mass is 16.1. The van der Waals surface area contributed by atoms with Crippen LogP contribution in [0.15, 0.2) is 53.7 Å². The molecular weight excluding hydrogens is 400 g/mol. The molecule has 170 valence electrons. The van der Waals surface area contributed by atoms with Crippen molar-refractivity contribution in [1.82, 2.24) is 15.6 Å². The molecule has 1 amide bonds. The Balaban J connectivity index is 1.41. The Morgan fingerprint density at radius 2 is 1.91 bits per heavy atom. The molecule has 2 aromatic rings. The van der Waals surface area contributed by atoms with Gasteiger partial charge in [-0.1, -0.05) is 36.4 Å². The monoisotopic (exact) mass is 434 g/mol. The number of amides is 1. The summed E-state index contributed by atoms with van der Waals surface area (Å²) in [5.41, 5.74) is 8.20. The largest absolute Gasteiger partial charge is 0.369 e. The Morgan fingerprint density at radius 1 is 1.16 bits per heavy atom. The zero-order valence-corrected chi connectivity index (χ0v) is 18.9. The minimum atomic E-state index is -0.194. The van der Waals surface area contributed by atoms with Crippen molar-refractivity contribution in [2.45, 2.75) is 44.6 Å². The fraction of sp³-hybridized carbons (Fsp3) is 0.480. The second-order valence-electron chi connectivity index (χ2n) is 8.84. The van der Waals surface area contributed by atoms with Crippen LogP contribution in [0.1, 0.15) is 43.7 Å². The Labute approximate surface area is 190 Å². The molecule has 0 radical (unpaired) electrons. The number of aromatic nitrogens is 1. The number of nitrogens with zero attached hydrogens (tertiary/aromatic N) is 3. The highest BCUT2D eigenvalue weighted by Crippen LogP contribution is 2.47. The number of nitrogens with two attached hydrogens (primary N) is 1. The van der Waals surface area contributed by atoms with Crippen molar-refractivity contribution in [3.63, 3.8) is 0 Å². The van der Waals surface area contributed by atoms with Crippen LogP contribution >= 0.6 is 0 Å². The molecule has 1 saturated carbocycles. The van der Waals surface area contributed by atoms with E-state index in [1.807, 2.05) is 12.3 Å². The van der Waals surface area contributed by atoms with E-state index in [0.717, 1.165) is 56.4 Å². The Morgan fingerprint density at radius 3 is 2.56 bits per heavy atom. The summed E-state index contributed by atoms with van der Waals surface area (Å²) in [7, 11) is 0. The average molecular weight is 435 g/mol. The van der Waals surface area contributed by atoms with E-state index in [4.69, 9.17) is 10.7 Å². The first-order chi connectivity index (χ1) is 15.6. The second kappa shape index (κ2) is 10.0. The van der Waals surface area contributed by atoms with Gasteiger partial charge in [0.15, 0.2) is 5.96 Å². The van der Waals surface area contributed by atoms with Crippen LogP contribution < -0.4 is 21.3 Å². The predicted octanol–water partition coefficient (Wildman–Crippen LogP) is 2.57. The molecule has 4 rings (SSSR count). The third-order valence-electron chi connectivity index (χ3n) is 6.65. The maximum absolute atomic E-state index is 11.5. The maximum atomic E-state index is 11.5. The van der Waals surface area contributed by atoms with Gasteiger partial charge in [-0.25, -0.2) is 9.98 Å². The molecular formula is C25H34N6O. The van der Waals surface area contributed by atoms with E-state index in [2.05, 4.69) is 63.8 Å². The van der Waals surface area contributed by atoms with Crippen LogP contribution in [-0.2, 0) is 16.8 Å². The van der Waals surface area contributed by atoms with Crippen molar-refractivity contribution in [3.8, 4) is 0 Å². The molecule has 1 aromatic carbocycles. The van der Waals surface area contributed by atoms with Crippen LogP contribution in [-0.4, -0.2) is 43.0 Å². The number of carbonyl (C=O) groups is 1. The number of carbonyl (C=O) groups excluding carboxylic acids is 1. The van der Waals surface area contributed by atoms with Crippen molar-refractivity contribution in [1.29, 1.82) is 0 Å². The summed E-state index contributed by atoms with van der Waals surface area (Å²) >= 11 is 0. The van der Waals surface area contributed by atoms with Gasteiger partial charge >= 0.3 is 0 Å². The predicted molar refractivity (Wildman–Crippen MR) is 129 cm³/mol. The normalized spacial score (nSPS) is 18.3. The molecule has 0 atom stereocenters. The van der Waals surface area contributed by atoms with Gasteiger partial charge in [0.2, 0.25) is 5.91 Å². The molecule has 4 N–H and O–H groups in total. The van der Waals surface area contributed by atoms with Crippen molar-refractivity contribution in [3.05, 3.63) is 59.8 Å². The summed E-state index contributed by atoms with van der Waals surface area (Å²) in [6, 6.07) is 14.8. The van der Waals surface area contributed by atoms with Gasteiger partial charge in [0.1, 0.15) is 5.82 Å². The number of guanidine groups is 1. The topological polar surface area (TPSA) is 95.6 Å². The number of anilines is 1. The summed E-state index contributed by atoms with van der Waals surface area (Å²) in [6.45, 7) is 5.90. The lowest BCUT2D eigenvalue weighted by Gasteiger charge is -2.32. The summed E-state index contributed by atoms with van der Waals surface area (Å²) in [5.74, 6) is 1.57. The van der Waals surface area contributed by atoms with E-state index in [1.54, 1.807) is 0 Å². The quantitative estimate of drug-likeness (QED) is 0.438. The van der Waals surface area contributed by atoms with Gasteiger partial charge in [-0.2, -0.15) is 0 Å². The lowest BCUT2D eigenvalue weighted by Crippen LogP contribution is -2.41. The van der Waals surface area contributed by atoms with E-state index in [9.17, 15) is 4.79 Å². The molecule has 1 aliphatic heterocycles. The molecule has 1 saturated heterocycles. The number of aliphatic imine (C=N–C) groups is 1. The van der Waals surface area contributed by atoms with Gasteiger partial charge in [-0.15, -0.1) is 0 Å². The molecule has 7 nitrogen and oxygen atoms in total. The Hall–Kier alpha value is -3.09. The third kappa shape index (κ3) is 5.21. The summed E-state index contributed by atoms with van der Waals surface area (Å²) in [5, 5.41) is 6.94. The zero-order valence-electron chi connectivity index (χ0n) is 18.9. The lowest BCUT2D eigenvalue weighted by atomic mass is 9.96. The lowest BCUT2D eigenvalue weighted by molar-refractivity contribution is -0.122. The van der Waals surface area contributed by atoms with Crippen LogP contribution in [0.25, 0.3) is 0 Å². The first-order valence-corrected chi connectivity index (χ1v) is 11.7. The van der Waals surface area contributed by atoms with Crippen LogP contribution in [0.3, 0.4) is 0 Å². The van der Waals surface area contributed by atoms with Gasteiger partial charge in [-0.3, -0.25) is 4.79 Å². The first kappa shape index (κ1) is 22.1. The minimum Gasteiger partial charge on any atom is -0.369 e. The number of rotatable bonds is 8. The average Bonchev–Trinajstić information content (AvgIpc) is 3.63. The molecule has 0 spiro atoms. The number of hydrogen-bond acceptors (Lipinski definition) is 4. The van der Waals surface area contributed by atoms with Gasteiger partial charge in [0.25, 0.3) is 0 Å². The second-order valence-corrected chi connectivity index (χ2v) is 8.84. The molecule has 1 aromatic heterocycles. The van der Waals surface area contributed by atoms with Crippen molar-refractivity contribution in [2.24, 2.45) is 16.6 Å². The van der Waals surface area contributed by atoms with E-state index in [1.165, 1.54) is 18.4 Å². The maximum Gasteiger partial charge on any atom is 0.220 e. The van der Waals surface area contributed by atoms with E-state index in [-0.39, 0.29) is 17.2 Å². The number of piperidine rings is 1. The van der Waals surface area contributed by atoms with Crippen LogP contribution in [0.5, 0.6) is 0 Å². The van der Waals surface area contributed by atoms with Gasteiger partial charge < -0.3 is 21.3 Å². The molecule has 2 heterocycles. The van der Waals surface area contributed by atoms with Crippen LogP contribution in [0.4, 0.5) is 5.82 Å². The molecule has 2 fully saturated rings. The molecule has 1 aliphatic carbocycles. The van der Waals surface area contributed by atoms with Gasteiger partial charge in [-0.05, 0) is 44.2 Å². The number of primary amides is 1. The van der Waals surface area contributed by atoms with Crippen molar-refractivity contribution < 1.29 is 4.79 Å². The van der Waals surface area contributed by atoms with Crippen LogP contribution in [0.2, 0.25) is 0 Å². The number of benzene rings is 1. The highest BCUT2D eigenvalue weighted by molar-refractivity contribution is 5.80. The smallest absolute Gasteiger partial charge is 0.220 e. The molecule has 32 heavy (non-hydrogen) atoms. The summed E-state index contributed by atoms with van der Waals surface area (Å²) in [6.07, 6.45) is 5.79. The molecule has 7 heteroatoms. The Kier molecular flexibility index (Phi) is 6.93. The van der Waals surface area contributed by atoms with Gasteiger partial charge in [0, 0.05) is 49.3 Å². The fourth-order valence-corrected chi connectivity index (χ4v) is 4.48. The number of nitrogens with one attached hydrogen (secondary N) is 2. The SMILES string of the molecule is CCNC(=NCc1cccnc1N1CCC(C(N)=O)CC1)NCC1(c2ccccc2)CC1. The fourth-order valence-electron chi connectivity index (χ4n) is 4.48. The summed E-state index contributed by atoms with van der Waals surface area (Å²) in [4.78, 5) is 23.2. The van der Waals surface area contributed by atoms with Crippen molar-refractivity contribution >= 4 is 17.7 Å². The standard InChI is InChI=1S/C25H34N6O/c1-2-27-24(30-18-25(12-13-25)21-8-4-3-5-9-21)29-17-20-7-6-14-28-23(20)31-15-10-19(11-16-31)22(26)32/h3-9,14,19H,2,10-13,15-18H2,1H3,(H2,26,32)(H2,27,29,30). The summed E-state index contributed by atoms with van der Waals surface area (Å²) < 4.78 is 0.